The van der Waals surface area contributed by atoms with Crippen molar-refractivity contribution in [3.63, 3.8) is 0 Å². The van der Waals surface area contributed by atoms with Crippen LogP contribution >= 0.6 is 136 Å². The van der Waals surface area contributed by atoms with Crippen LogP contribution in [0.4, 0.5) is 11.4 Å². The number of ether oxygens (including phenoxy) is 3. The van der Waals surface area contributed by atoms with Crippen molar-refractivity contribution in [2.75, 3.05) is 50.3 Å². The van der Waals surface area contributed by atoms with Gasteiger partial charge < -0.3 is 35.1 Å². The standard InChI is InChI=1S/C22H18I6N2O9/c23-9-5-11(25)19(17(27)15(9)21(33)34)29-13(31)7-38-3-1-37-2-4-39-8-14(32)30-20-12(26)6-10(24)16(18(20)28)22(35)36/h5-6H,1-4,7-8H2,(H,29,31)(H,30,32)(H,33,34)(H,35,36). The van der Waals surface area contributed by atoms with Crippen LogP contribution in [-0.2, 0) is 23.8 Å². The van der Waals surface area contributed by atoms with Crippen LogP contribution in [0.25, 0.3) is 0 Å². The second kappa shape index (κ2) is 17.6. The number of benzene rings is 2. The molecule has 0 bridgehead atoms. The first kappa shape index (κ1) is 35.8. The Kier molecular flexibility index (Phi) is 16.2. The molecular formula is C22H18I6N2O9. The number of hydrogen-bond acceptors (Lipinski definition) is 7. The van der Waals surface area contributed by atoms with E-state index in [9.17, 15) is 29.4 Å². The maximum atomic E-state index is 12.2. The zero-order chi connectivity index (χ0) is 29.3. The summed E-state index contributed by atoms with van der Waals surface area (Å²) in [5.74, 6) is -2.99. The van der Waals surface area contributed by atoms with Gasteiger partial charge in [-0.05, 0) is 148 Å². The van der Waals surface area contributed by atoms with Gasteiger partial charge in [-0.15, -0.1) is 0 Å². The molecule has 0 aliphatic heterocycles. The first-order valence-corrected chi connectivity index (χ1v) is 17.0. The van der Waals surface area contributed by atoms with Crippen molar-refractivity contribution in [1.29, 1.82) is 0 Å². The minimum Gasteiger partial charge on any atom is -0.478 e. The first-order valence-electron chi connectivity index (χ1n) is 10.5. The Bertz CT molecular complexity index is 1180. The highest BCUT2D eigenvalue weighted by atomic mass is 127. The largest absolute Gasteiger partial charge is 0.478 e. The van der Waals surface area contributed by atoms with Crippen molar-refractivity contribution in [2.45, 2.75) is 0 Å². The van der Waals surface area contributed by atoms with Gasteiger partial charge in [-0.1, -0.05) is 0 Å². The molecule has 11 nitrogen and oxygen atoms in total. The monoisotopic (exact) mass is 1220 g/mol. The molecule has 0 radical (unpaired) electrons. The van der Waals surface area contributed by atoms with Crippen LogP contribution in [0.2, 0.25) is 0 Å². The Morgan fingerprint density at radius 3 is 1.26 bits per heavy atom. The van der Waals surface area contributed by atoms with Crippen LogP contribution in [0.1, 0.15) is 20.7 Å². The molecule has 0 aliphatic rings. The van der Waals surface area contributed by atoms with Crippen LogP contribution in [0.15, 0.2) is 12.1 Å². The van der Waals surface area contributed by atoms with Crippen molar-refractivity contribution in [2.24, 2.45) is 0 Å². The number of rotatable bonds is 14. The van der Waals surface area contributed by atoms with Crippen molar-refractivity contribution in [1.82, 2.24) is 0 Å². The van der Waals surface area contributed by atoms with E-state index >= 15 is 0 Å². The zero-order valence-electron chi connectivity index (χ0n) is 19.4. The van der Waals surface area contributed by atoms with E-state index in [-0.39, 0.29) is 50.8 Å². The quantitative estimate of drug-likeness (QED) is 0.145. The number of hydrogen-bond donors (Lipinski definition) is 4. The summed E-state index contributed by atoms with van der Waals surface area (Å²) in [5, 5.41) is 24.2. The molecule has 0 aromatic heterocycles. The highest BCUT2D eigenvalue weighted by molar-refractivity contribution is 14.1. The summed E-state index contributed by atoms with van der Waals surface area (Å²) in [4.78, 5) is 47.5. The lowest BCUT2D eigenvalue weighted by Crippen LogP contribution is -2.23. The highest BCUT2D eigenvalue weighted by Gasteiger charge is 2.21. The predicted octanol–water partition coefficient (Wildman–Crippen LogP) is 5.34. The Morgan fingerprint density at radius 1 is 0.590 bits per heavy atom. The number of carboxylic acid groups (broad SMARTS) is 2. The zero-order valence-corrected chi connectivity index (χ0v) is 32.4. The molecule has 0 fully saturated rings. The Morgan fingerprint density at radius 2 is 0.923 bits per heavy atom. The van der Waals surface area contributed by atoms with Gasteiger partial charge in [-0.25, -0.2) is 9.59 Å². The van der Waals surface area contributed by atoms with Crippen LogP contribution in [0.5, 0.6) is 0 Å². The molecular weight excluding hydrogens is 1200 g/mol. The first-order chi connectivity index (χ1) is 18.3. The van der Waals surface area contributed by atoms with Gasteiger partial charge >= 0.3 is 11.9 Å². The van der Waals surface area contributed by atoms with Crippen molar-refractivity contribution in [3.8, 4) is 0 Å². The summed E-state index contributed by atoms with van der Waals surface area (Å²) < 4.78 is 19.4. The fourth-order valence-corrected chi connectivity index (χ4v) is 11.0. The summed E-state index contributed by atoms with van der Waals surface area (Å²) in [6.45, 7) is 0.208. The number of carboxylic acids is 2. The lowest BCUT2D eigenvalue weighted by atomic mass is 10.2. The van der Waals surface area contributed by atoms with E-state index in [4.69, 9.17) is 14.2 Å². The molecule has 2 aromatic rings. The summed E-state index contributed by atoms with van der Waals surface area (Å²) in [7, 11) is 0. The van der Waals surface area contributed by atoms with Gasteiger partial charge in [-0.3, -0.25) is 9.59 Å². The van der Waals surface area contributed by atoms with E-state index in [0.29, 0.717) is 32.8 Å². The second-order valence-electron chi connectivity index (χ2n) is 7.23. The number of aromatic carboxylic acids is 2. The van der Waals surface area contributed by atoms with E-state index in [1.165, 1.54) is 0 Å². The topological polar surface area (TPSA) is 160 Å². The average Bonchev–Trinajstić information content (AvgIpc) is 2.82. The molecule has 0 atom stereocenters. The van der Waals surface area contributed by atoms with Crippen molar-refractivity contribution in [3.05, 3.63) is 44.7 Å². The normalized spacial score (nSPS) is 10.8. The van der Waals surface area contributed by atoms with Crippen LogP contribution in [0.3, 0.4) is 0 Å². The Labute approximate surface area is 304 Å². The smallest absolute Gasteiger partial charge is 0.337 e. The molecule has 212 valence electrons. The molecule has 0 saturated carbocycles. The average molecular weight is 1220 g/mol. The number of anilines is 2. The molecule has 2 rings (SSSR count). The molecule has 0 aliphatic carbocycles. The summed E-state index contributed by atoms with van der Waals surface area (Å²) in [6, 6.07) is 3.36. The maximum absolute atomic E-state index is 12.2. The molecule has 0 saturated heterocycles. The lowest BCUT2D eigenvalue weighted by molar-refractivity contribution is -0.121. The summed E-state index contributed by atoms with van der Waals surface area (Å²) in [6.07, 6.45) is 0. The molecule has 4 N–H and O–H groups in total. The Balaban J connectivity index is 1.66. The minimum atomic E-state index is -1.07. The van der Waals surface area contributed by atoms with E-state index in [0.717, 1.165) is 0 Å². The second-order valence-corrected chi connectivity index (χ2v) is 14.0. The SMILES string of the molecule is O=C(COCCOCCOCC(=O)Nc1c(I)cc(I)c(C(=O)O)c1I)Nc1c(I)cc(I)c(C(=O)O)c1I. The van der Waals surface area contributed by atoms with Gasteiger partial charge in [0.25, 0.3) is 0 Å². The molecule has 2 amide bonds. The van der Waals surface area contributed by atoms with E-state index < -0.39 is 23.8 Å². The third kappa shape index (κ3) is 11.0. The third-order valence-electron chi connectivity index (χ3n) is 4.51. The van der Waals surface area contributed by atoms with E-state index in [1.54, 1.807) is 12.1 Å². The van der Waals surface area contributed by atoms with Crippen molar-refractivity contribution >= 4 is 171 Å². The van der Waals surface area contributed by atoms with Crippen LogP contribution in [0, 0.1) is 21.4 Å². The maximum Gasteiger partial charge on any atom is 0.337 e. The van der Waals surface area contributed by atoms with Crippen molar-refractivity contribution < 1.29 is 43.6 Å². The highest BCUT2D eigenvalue weighted by Crippen LogP contribution is 2.33. The lowest BCUT2D eigenvalue weighted by Gasteiger charge is -2.14. The number of amides is 2. The molecule has 0 heterocycles. The van der Waals surface area contributed by atoms with Gasteiger partial charge in [0.15, 0.2) is 0 Å². The fourth-order valence-electron chi connectivity index (χ4n) is 2.82. The number of halogens is 6. The summed E-state index contributed by atoms with van der Waals surface area (Å²) in [5.41, 5.74) is 1.11. The summed E-state index contributed by atoms with van der Waals surface area (Å²) >= 11 is 11.8. The Hall–Kier alpha value is 0.580. The van der Waals surface area contributed by atoms with Gasteiger partial charge in [0.05, 0.1) is 56.1 Å². The van der Waals surface area contributed by atoms with Crippen LogP contribution < -0.4 is 10.6 Å². The number of carbonyl (C=O) groups excluding carboxylic acids is 2. The molecule has 2 aromatic carbocycles. The van der Waals surface area contributed by atoms with Gasteiger partial charge in [0, 0.05) is 14.3 Å². The fraction of sp³-hybridized carbons (Fsp3) is 0.273. The molecule has 0 unspecified atom stereocenters. The predicted molar refractivity (Wildman–Crippen MR) is 193 cm³/mol. The van der Waals surface area contributed by atoms with Gasteiger partial charge in [0.2, 0.25) is 11.8 Å². The molecule has 17 heteroatoms. The van der Waals surface area contributed by atoms with Crippen LogP contribution in [-0.4, -0.2) is 73.6 Å². The molecule has 0 spiro atoms. The van der Waals surface area contributed by atoms with E-state index in [2.05, 4.69) is 10.6 Å². The third-order valence-corrected chi connectivity index (χ3v) is 10.1. The number of nitrogens with one attached hydrogen (secondary N) is 2. The minimum absolute atomic E-state index is 0.132. The van der Waals surface area contributed by atoms with Gasteiger partial charge in [0.1, 0.15) is 13.2 Å². The van der Waals surface area contributed by atoms with Gasteiger partial charge in [-0.2, -0.15) is 0 Å². The number of carbonyl (C=O) groups is 4. The molecule has 39 heavy (non-hydrogen) atoms. The van der Waals surface area contributed by atoms with E-state index in [1.807, 2.05) is 136 Å².